The van der Waals surface area contributed by atoms with Crippen LogP contribution in [0.2, 0.25) is 0 Å². The maximum Gasteiger partial charge on any atom is 0.312 e. The highest BCUT2D eigenvalue weighted by atomic mass is 16.4. The molecule has 3 heteroatoms. The van der Waals surface area contributed by atoms with E-state index in [0.29, 0.717) is 6.54 Å². The van der Waals surface area contributed by atoms with Crippen LogP contribution in [0.1, 0.15) is 28.2 Å². The van der Waals surface area contributed by atoms with Crippen LogP contribution in [-0.2, 0) is 4.79 Å². The second-order valence-electron chi connectivity index (χ2n) is 4.97. The Morgan fingerprint density at radius 1 is 1.24 bits per heavy atom. The van der Waals surface area contributed by atoms with Crippen molar-refractivity contribution in [2.24, 2.45) is 0 Å². The monoisotopic (exact) mass is 235 g/mol. The van der Waals surface area contributed by atoms with E-state index in [0.717, 1.165) is 16.7 Å². The van der Waals surface area contributed by atoms with Gasteiger partial charge in [-0.2, -0.15) is 0 Å². The summed E-state index contributed by atoms with van der Waals surface area (Å²) in [6.45, 7) is 6.54. The fourth-order valence-electron chi connectivity index (χ4n) is 2.40. The van der Waals surface area contributed by atoms with Crippen molar-refractivity contribution in [2.45, 2.75) is 26.7 Å². The Hall–Kier alpha value is -1.35. The van der Waals surface area contributed by atoms with Crippen molar-refractivity contribution in [2.75, 3.05) is 20.6 Å². The van der Waals surface area contributed by atoms with Crippen molar-refractivity contribution in [3.8, 4) is 0 Å². The maximum absolute atomic E-state index is 11.4. The number of rotatable bonds is 4. The van der Waals surface area contributed by atoms with Crippen molar-refractivity contribution >= 4 is 5.97 Å². The third kappa shape index (κ3) is 3.30. The zero-order valence-corrected chi connectivity index (χ0v) is 11.2. The molecule has 94 valence electrons. The minimum atomic E-state index is -0.756. The summed E-state index contributed by atoms with van der Waals surface area (Å²) in [6.07, 6.45) is 0. The highest BCUT2D eigenvalue weighted by Crippen LogP contribution is 2.26. The van der Waals surface area contributed by atoms with Gasteiger partial charge >= 0.3 is 5.97 Å². The normalized spacial score (nSPS) is 12.8. The van der Waals surface area contributed by atoms with E-state index in [1.807, 2.05) is 51.9 Å². The Balaban J connectivity index is 3.23. The lowest BCUT2D eigenvalue weighted by Gasteiger charge is -2.21. The molecule has 0 fully saturated rings. The molecule has 0 bridgehead atoms. The maximum atomic E-state index is 11.4. The van der Waals surface area contributed by atoms with Crippen LogP contribution in [0.3, 0.4) is 0 Å². The van der Waals surface area contributed by atoms with Crippen LogP contribution >= 0.6 is 0 Å². The van der Waals surface area contributed by atoms with E-state index < -0.39 is 11.9 Å². The Morgan fingerprint density at radius 2 is 1.71 bits per heavy atom. The zero-order valence-electron chi connectivity index (χ0n) is 11.2. The molecule has 1 N–H and O–H groups in total. The molecule has 1 rings (SSSR count). The topological polar surface area (TPSA) is 40.5 Å². The molecule has 0 aliphatic heterocycles. The Labute approximate surface area is 103 Å². The fraction of sp³-hybridized carbons (Fsp3) is 0.500. The van der Waals surface area contributed by atoms with Gasteiger partial charge in [-0.15, -0.1) is 0 Å². The first-order valence-electron chi connectivity index (χ1n) is 5.78. The van der Waals surface area contributed by atoms with Crippen LogP contribution in [0.25, 0.3) is 0 Å². The molecular formula is C14H21NO2. The minimum absolute atomic E-state index is 0.453. The van der Waals surface area contributed by atoms with Crippen LogP contribution in [-0.4, -0.2) is 36.6 Å². The van der Waals surface area contributed by atoms with E-state index in [1.165, 1.54) is 5.56 Å². The van der Waals surface area contributed by atoms with Gasteiger partial charge < -0.3 is 10.0 Å². The molecule has 1 unspecified atom stereocenters. The average Bonchev–Trinajstić information content (AvgIpc) is 2.13. The van der Waals surface area contributed by atoms with Crippen LogP contribution < -0.4 is 0 Å². The molecule has 1 atom stereocenters. The van der Waals surface area contributed by atoms with Crippen LogP contribution in [0.4, 0.5) is 0 Å². The molecule has 1 aromatic carbocycles. The number of nitrogens with zero attached hydrogens (tertiary/aromatic N) is 1. The number of carboxylic acids is 1. The van der Waals surface area contributed by atoms with Crippen molar-refractivity contribution in [3.05, 3.63) is 34.4 Å². The quantitative estimate of drug-likeness (QED) is 0.870. The van der Waals surface area contributed by atoms with Gasteiger partial charge in [-0.3, -0.25) is 4.79 Å². The van der Waals surface area contributed by atoms with Gasteiger partial charge in [-0.25, -0.2) is 0 Å². The van der Waals surface area contributed by atoms with E-state index in [9.17, 15) is 9.90 Å². The van der Waals surface area contributed by atoms with Crippen LogP contribution in [0.15, 0.2) is 12.1 Å². The smallest absolute Gasteiger partial charge is 0.312 e. The fourth-order valence-corrected chi connectivity index (χ4v) is 2.40. The number of hydrogen-bond acceptors (Lipinski definition) is 2. The molecule has 0 aliphatic rings. The van der Waals surface area contributed by atoms with Crippen LogP contribution in [0.5, 0.6) is 0 Å². The molecule has 0 saturated heterocycles. The summed E-state index contributed by atoms with van der Waals surface area (Å²) in [5.41, 5.74) is 4.27. The van der Waals surface area contributed by atoms with Gasteiger partial charge in [0.15, 0.2) is 0 Å². The van der Waals surface area contributed by atoms with E-state index >= 15 is 0 Å². The highest BCUT2D eigenvalue weighted by Gasteiger charge is 2.24. The van der Waals surface area contributed by atoms with Crippen LogP contribution in [0, 0.1) is 20.8 Å². The first-order chi connectivity index (χ1) is 7.82. The lowest BCUT2D eigenvalue weighted by atomic mass is 9.89. The minimum Gasteiger partial charge on any atom is -0.481 e. The Bertz CT molecular complexity index is 401. The molecule has 3 nitrogen and oxygen atoms in total. The SMILES string of the molecule is Cc1cc(C)c(C(CN(C)C)C(=O)O)c(C)c1. The van der Waals surface area contributed by atoms with E-state index in [-0.39, 0.29) is 0 Å². The number of likely N-dealkylation sites (N-methyl/N-ethyl adjacent to an activating group) is 1. The summed E-state index contributed by atoms with van der Waals surface area (Å²) >= 11 is 0. The predicted molar refractivity (Wildman–Crippen MR) is 69.6 cm³/mol. The third-order valence-electron chi connectivity index (χ3n) is 2.93. The summed E-state index contributed by atoms with van der Waals surface area (Å²) in [4.78, 5) is 13.3. The summed E-state index contributed by atoms with van der Waals surface area (Å²) in [5.74, 6) is -1.21. The second-order valence-corrected chi connectivity index (χ2v) is 4.97. The van der Waals surface area contributed by atoms with E-state index in [4.69, 9.17) is 0 Å². The number of aliphatic carboxylic acids is 1. The molecule has 0 saturated carbocycles. The first-order valence-corrected chi connectivity index (χ1v) is 5.78. The lowest BCUT2D eigenvalue weighted by Crippen LogP contribution is -2.27. The van der Waals surface area contributed by atoms with E-state index in [2.05, 4.69) is 0 Å². The zero-order chi connectivity index (χ0) is 13.2. The number of benzene rings is 1. The highest BCUT2D eigenvalue weighted by molar-refractivity contribution is 5.77. The molecular weight excluding hydrogens is 214 g/mol. The van der Waals surface area contributed by atoms with Gasteiger partial charge in [0.1, 0.15) is 0 Å². The van der Waals surface area contributed by atoms with Gasteiger partial charge in [0.05, 0.1) is 5.92 Å². The largest absolute Gasteiger partial charge is 0.481 e. The summed E-state index contributed by atoms with van der Waals surface area (Å²) in [7, 11) is 3.80. The van der Waals surface area contributed by atoms with E-state index in [1.54, 1.807) is 0 Å². The summed E-state index contributed by atoms with van der Waals surface area (Å²) in [6, 6.07) is 4.10. The Morgan fingerprint density at radius 3 is 2.06 bits per heavy atom. The standard InChI is InChI=1S/C14H21NO2/c1-9-6-10(2)13(11(3)7-9)12(14(16)17)8-15(4)5/h6-7,12H,8H2,1-5H3,(H,16,17). The number of carbonyl (C=O) groups is 1. The average molecular weight is 235 g/mol. The summed E-state index contributed by atoms with van der Waals surface area (Å²) in [5, 5.41) is 9.37. The van der Waals surface area contributed by atoms with Gasteiger partial charge in [-0.1, -0.05) is 17.7 Å². The molecule has 0 spiro atoms. The van der Waals surface area contributed by atoms with Crippen molar-refractivity contribution < 1.29 is 9.90 Å². The number of aryl methyl sites for hydroxylation is 3. The molecule has 0 heterocycles. The lowest BCUT2D eigenvalue weighted by molar-refractivity contribution is -0.139. The number of carboxylic acid groups (broad SMARTS) is 1. The molecule has 0 radical (unpaired) electrons. The van der Waals surface area contributed by atoms with Gasteiger partial charge in [0.2, 0.25) is 0 Å². The summed E-state index contributed by atoms with van der Waals surface area (Å²) < 4.78 is 0. The van der Waals surface area contributed by atoms with Crippen molar-refractivity contribution in [1.82, 2.24) is 4.90 Å². The molecule has 0 aliphatic carbocycles. The van der Waals surface area contributed by atoms with Crippen molar-refractivity contribution in [1.29, 1.82) is 0 Å². The molecule has 0 aromatic heterocycles. The van der Waals surface area contributed by atoms with Gasteiger partial charge in [0.25, 0.3) is 0 Å². The molecule has 0 amide bonds. The second kappa shape index (κ2) is 5.32. The predicted octanol–water partition coefficient (Wildman–Crippen LogP) is 2.34. The first kappa shape index (κ1) is 13.7. The number of hydrogen-bond donors (Lipinski definition) is 1. The third-order valence-corrected chi connectivity index (χ3v) is 2.93. The van der Waals surface area contributed by atoms with Gasteiger partial charge in [0, 0.05) is 6.54 Å². The van der Waals surface area contributed by atoms with Crippen molar-refractivity contribution in [3.63, 3.8) is 0 Å². The Kier molecular flexibility index (Phi) is 4.29. The van der Waals surface area contributed by atoms with Gasteiger partial charge in [-0.05, 0) is 51.6 Å². The molecule has 17 heavy (non-hydrogen) atoms. The molecule has 1 aromatic rings.